The lowest BCUT2D eigenvalue weighted by Gasteiger charge is -2.37. The number of hydrogen-bond donors (Lipinski definition) is 0. The van der Waals surface area contributed by atoms with E-state index in [0.29, 0.717) is 13.0 Å². The van der Waals surface area contributed by atoms with E-state index in [1.807, 2.05) is 0 Å². The topological polar surface area (TPSA) is 75.1 Å². The van der Waals surface area contributed by atoms with Crippen LogP contribution in [-0.2, 0) is 9.53 Å². The van der Waals surface area contributed by atoms with Gasteiger partial charge in [-0.25, -0.2) is 0 Å². The lowest BCUT2D eigenvalue weighted by atomic mass is 9.86. The Bertz CT molecular complexity index is 298. The summed E-state index contributed by atoms with van der Waals surface area (Å²) in [6, 6.07) is -0.281. The minimum absolute atomic E-state index is 0.120. The number of azide groups is 1. The van der Waals surface area contributed by atoms with E-state index in [1.54, 1.807) is 0 Å². The monoisotopic (exact) mass is 195 g/mol. The molecule has 0 aromatic carbocycles. The molecule has 5 nitrogen and oxygen atoms in total. The third-order valence-corrected chi connectivity index (χ3v) is 3.13. The summed E-state index contributed by atoms with van der Waals surface area (Å²) in [4.78, 5) is 14.5. The summed E-state index contributed by atoms with van der Waals surface area (Å²) >= 11 is 0. The van der Waals surface area contributed by atoms with Crippen molar-refractivity contribution >= 4 is 5.78 Å². The summed E-state index contributed by atoms with van der Waals surface area (Å²) in [7, 11) is 0. The van der Waals surface area contributed by atoms with E-state index in [1.165, 1.54) is 0 Å². The molecule has 0 N–H and O–H groups in total. The summed E-state index contributed by atoms with van der Waals surface area (Å²) in [5.41, 5.74) is 7.68. The second kappa shape index (κ2) is 3.59. The van der Waals surface area contributed by atoms with Crippen molar-refractivity contribution in [1.82, 2.24) is 0 Å². The zero-order chi connectivity index (χ0) is 10.0. The molecule has 5 heteroatoms. The van der Waals surface area contributed by atoms with Crippen LogP contribution in [-0.4, -0.2) is 24.0 Å². The van der Waals surface area contributed by atoms with Crippen molar-refractivity contribution in [3.05, 3.63) is 10.4 Å². The first-order valence-electron chi connectivity index (χ1n) is 5.01. The van der Waals surface area contributed by atoms with Crippen molar-refractivity contribution < 1.29 is 9.53 Å². The van der Waals surface area contributed by atoms with Gasteiger partial charge in [-0.15, -0.1) is 0 Å². The van der Waals surface area contributed by atoms with Gasteiger partial charge >= 0.3 is 0 Å². The Balaban J connectivity index is 2.28. The highest BCUT2D eigenvalue weighted by Crippen LogP contribution is 2.39. The maximum atomic E-state index is 11.7. The Morgan fingerprint density at radius 3 is 3.07 bits per heavy atom. The Morgan fingerprint density at radius 1 is 1.57 bits per heavy atom. The van der Waals surface area contributed by atoms with Gasteiger partial charge in [-0.1, -0.05) is 5.11 Å². The van der Waals surface area contributed by atoms with E-state index in [2.05, 4.69) is 10.0 Å². The molecule has 0 radical (unpaired) electrons. The lowest BCUT2D eigenvalue weighted by Crippen LogP contribution is -2.50. The molecule has 0 aromatic heterocycles. The SMILES string of the molecule is [N-]=[N+]=N[C@H]1CCCO[C@@]12CCCC2=O. The van der Waals surface area contributed by atoms with Crippen LogP contribution < -0.4 is 0 Å². The molecule has 1 heterocycles. The van der Waals surface area contributed by atoms with E-state index in [9.17, 15) is 4.79 Å². The number of ketones is 1. The van der Waals surface area contributed by atoms with Gasteiger partial charge in [0.1, 0.15) is 5.60 Å². The molecule has 14 heavy (non-hydrogen) atoms. The molecule has 1 aliphatic carbocycles. The van der Waals surface area contributed by atoms with Crippen molar-refractivity contribution in [2.75, 3.05) is 6.61 Å². The van der Waals surface area contributed by atoms with Crippen LogP contribution >= 0.6 is 0 Å². The second-order valence-corrected chi connectivity index (χ2v) is 3.88. The normalized spacial score (nSPS) is 37.1. The largest absolute Gasteiger partial charge is 0.367 e. The van der Waals surface area contributed by atoms with E-state index in [4.69, 9.17) is 10.3 Å². The predicted octanol–water partition coefficient (Wildman–Crippen LogP) is 1.97. The van der Waals surface area contributed by atoms with Crippen LogP contribution in [0.25, 0.3) is 10.4 Å². The first kappa shape index (κ1) is 9.49. The highest BCUT2D eigenvalue weighted by atomic mass is 16.5. The molecule has 76 valence electrons. The number of carbonyl (C=O) groups excluding carboxylic acids is 1. The minimum atomic E-state index is -0.759. The summed E-state index contributed by atoms with van der Waals surface area (Å²) in [6.07, 6.45) is 3.79. The highest BCUT2D eigenvalue weighted by molar-refractivity contribution is 5.90. The third kappa shape index (κ3) is 1.29. The van der Waals surface area contributed by atoms with E-state index < -0.39 is 5.60 Å². The molecule has 0 bridgehead atoms. The first-order valence-corrected chi connectivity index (χ1v) is 5.01. The van der Waals surface area contributed by atoms with Gasteiger partial charge < -0.3 is 4.74 Å². The van der Waals surface area contributed by atoms with Gasteiger partial charge in [0, 0.05) is 17.9 Å². The molecule has 2 rings (SSSR count). The van der Waals surface area contributed by atoms with Crippen molar-refractivity contribution in [1.29, 1.82) is 0 Å². The number of rotatable bonds is 1. The van der Waals surface area contributed by atoms with Crippen LogP contribution in [0, 0.1) is 0 Å². The molecule has 1 aliphatic heterocycles. The predicted molar refractivity (Wildman–Crippen MR) is 49.7 cm³/mol. The van der Waals surface area contributed by atoms with Crippen LogP contribution in [0.2, 0.25) is 0 Å². The van der Waals surface area contributed by atoms with Crippen molar-refractivity contribution in [3.63, 3.8) is 0 Å². The maximum absolute atomic E-state index is 11.7. The summed E-state index contributed by atoms with van der Waals surface area (Å²) < 4.78 is 5.59. The van der Waals surface area contributed by atoms with Gasteiger partial charge in [0.25, 0.3) is 0 Å². The molecule has 2 atom stereocenters. The van der Waals surface area contributed by atoms with Crippen molar-refractivity contribution in [2.24, 2.45) is 5.11 Å². The number of ether oxygens (including phenoxy) is 1. The summed E-state index contributed by atoms with van der Waals surface area (Å²) in [5, 5.41) is 3.70. The zero-order valence-corrected chi connectivity index (χ0v) is 7.98. The van der Waals surface area contributed by atoms with Crippen LogP contribution in [0.3, 0.4) is 0 Å². The number of Topliss-reactive ketones (excluding diaryl/α,β-unsaturated/α-hetero) is 1. The van der Waals surface area contributed by atoms with E-state index in [0.717, 1.165) is 25.7 Å². The van der Waals surface area contributed by atoms with Crippen LogP contribution in [0.15, 0.2) is 5.11 Å². The van der Waals surface area contributed by atoms with Crippen LogP contribution in [0.4, 0.5) is 0 Å². The Kier molecular flexibility index (Phi) is 2.44. The zero-order valence-electron chi connectivity index (χ0n) is 7.98. The minimum Gasteiger partial charge on any atom is -0.367 e. The van der Waals surface area contributed by atoms with Crippen LogP contribution in [0.1, 0.15) is 32.1 Å². The molecular formula is C9H13N3O2. The third-order valence-electron chi connectivity index (χ3n) is 3.13. The lowest BCUT2D eigenvalue weighted by molar-refractivity contribution is -0.148. The van der Waals surface area contributed by atoms with Gasteiger partial charge in [0.2, 0.25) is 0 Å². The fraction of sp³-hybridized carbons (Fsp3) is 0.889. The van der Waals surface area contributed by atoms with Crippen molar-refractivity contribution in [3.8, 4) is 0 Å². The molecule has 0 unspecified atom stereocenters. The average molecular weight is 195 g/mol. The number of carbonyl (C=O) groups is 1. The Morgan fingerprint density at radius 2 is 2.43 bits per heavy atom. The molecular weight excluding hydrogens is 182 g/mol. The Labute approximate surface area is 82.1 Å². The molecule has 0 amide bonds. The summed E-state index contributed by atoms with van der Waals surface area (Å²) in [6.45, 7) is 0.614. The van der Waals surface area contributed by atoms with Gasteiger partial charge in [0.15, 0.2) is 5.78 Å². The molecule has 1 spiro atoms. The Hall–Kier alpha value is -1.06. The van der Waals surface area contributed by atoms with Crippen LogP contribution in [0.5, 0.6) is 0 Å². The smallest absolute Gasteiger partial charge is 0.165 e. The van der Waals surface area contributed by atoms with Gasteiger partial charge in [-0.3, -0.25) is 4.79 Å². The quantitative estimate of drug-likeness (QED) is 0.364. The highest BCUT2D eigenvalue weighted by Gasteiger charge is 2.50. The van der Waals surface area contributed by atoms with Gasteiger partial charge in [-0.2, -0.15) is 0 Å². The average Bonchev–Trinajstić information content (AvgIpc) is 2.54. The number of hydrogen-bond acceptors (Lipinski definition) is 3. The van der Waals surface area contributed by atoms with E-state index >= 15 is 0 Å². The molecule has 2 aliphatic rings. The molecule has 0 aromatic rings. The number of nitrogens with zero attached hydrogens (tertiary/aromatic N) is 3. The maximum Gasteiger partial charge on any atom is 0.165 e. The standard InChI is InChI=1S/C9H13N3O2/c10-12-11-7-3-2-6-14-9(7)5-1-4-8(9)13/h7H,1-6H2/t7-,9-/m0/s1. The first-order chi connectivity index (χ1) is 6.79. The van der Waals surface area contributed by atoms with Gasteiger partial charge in [-0.05, 0) is 31.2 Å². The van der Waals surface area contributed by atoms with Crippen molar-refractivity contribution in [2.45, 2.75) is 43.7 Å². The summed E-state index contributed by atoms with van der Waals surface area (Å²) in [5.74, 6) is 0.120. The van der Waals surface area contributed by atoms with Gasteiger partial charge in [0.05, 0.1) is 6.04 Å². The van der Waals surface area contributed by atoms with E-state index in [-0.39, 0.29) is 11.8 Å². The molecule has 1 saturated heterocycles. The molecule has 2 fully saturated rings. The molecule has 1 saturated carbocycles. The second-order valence-electron chi connectivity index (χ2n) is 3.88. The fourth-order valence-corrected chi connectivity index (χ4v) is 2.44. The fourth-order valence-electron chi connectivity index (χ4n) is 2.44.